The zero-order valence-electron chi connectivity index (χ0n) is 9.39. The summed E-state index contributed by atoms with van der Waals surface area (Å²) in [7, 11) is 0. The van der Waals surface area contributed by atoms with E-state index < -0.39 is 0 Å². The summed E-state index contributed by atoms with van der Waals surface area (Å²) in [4.78, 5) is 0. The highest BCUT2D eigenvalue weighted by molar-refractivity contribution is 5.26. The standard InChI is InChI=1S/C13H18FN/c1-9(2)12-6-3-10(7-13(12)14)8-15-11-4-5-11/h3,6-7,9,11,15H,4-5,8H2,1-2H3. The van der Waals surface area contributed by atoms with Crippen LogP contribution in [0.15, 0.2) is 18.2 Å². The van der Waals surface area contributed by atoms with Crippen molar-refractivity contribution in [2.75, 3.05) is 0 Å². The Balaban J connectivity index is 2.03. The number of rotatable bonds is 4. The Morgan fingerprint density at radius 2 is 2.13 bits per heavy atom. The minimum atomic E-state index is -0.0694. The van der Waals surface area contributed by atoms with E-state index in [0.29, 0.717) is 6.04 Å². The Morgan fingerprint density at radius 1 is 1.40 bits per heavy atom. The quantitative estimate of drug-likeness (QED) is 0.799. The topological polar surface area (TPSA) is 12.0 Å². The summed E-state index contributed by atoms with van der Waals surface area (Å²) in [5, 5.41) is 3.38. The molecule has 1 saturated carbocycles. The molecule has 0 atom stereocenters. The summed E-state index contributed by atoms with van der Waals surface area (Å²) >= 11 is 0. The third-order valence-electron chi connectivity index (χ3n) is 2.86. The Kier molecular flexibility index (Phi) is 3.06. The Hall–Kier alpha value is -0.890. The van der Waals surface area contributed by atoms with Crippen LogP contribution in [0.2, 0.25) is 0 Å². The van der Waals surface area contributed by atoms with Crippen molar-refractivity contribution in [2.24, 2.45) is 0 Å². The average Bonchev–Trinajstić information content (AvgIpc) is 2.97. The Morgan fingerprint density at radius 3 is 2.67 bits per heavy atom. The molecule has 1 aliphatic carbocycles. The highest BCUT2D eigenvalue weighted by Crippen LogP contribution is 2.21. The predicted octanol–water partition coefficient (Wildman–Crippen LogP) is 3.20. The zero-order valence-corrected chi connectivity index (χ0v) is 9.39. The van der Waals surface area contributed by atoms with Crippen LogP contribution in [0, 0.1) is 5.82 Å². The number of benzene rings is 1. The second-order valence-electron chi connectivity index (χ2n) is 4.67. The van der Waals surface area contributed by atoms with Gasteiger partial charge >= 0.3 is 0 Å². The largest absolute Gasteiger partial charge is 0.310 e. The fourth-order valence-electron chi connectivity index (χ4n) is 1.70. The minimum absolute atomic E-state index is 0.0694. The van der Waals surface area contributed by atoms with E-state index in [1.165, 1.54) is 12.8 Å². The van der Waals surface area contributed by atoms with Crippen LogP contribution in [0.3, 0.4) is 0 Å². The van der Waals surface area contributed by atoms with E-state index in [1.807, 2.05) is 26.0 Å². The molecule has 82 valence electrons. The molecular weight excluding hydrogens is 189 g/mol. The molecule has 0 heterocycles. The van der Waals surface area contributed by atoms with Gasteiger partial charge in [-0.05, 0) is 36.0 Å². The van der Waals surface area contributed by atoms with Crippen LogP contribution < -0.4 is 5.32 Å². The van der Waals surface area contributed by atoms with Crippen molar-refractivity contribution in [3.63, 3.8) is 0 Å². The van der Waals surface area contributed by atoms with Crippen LogP contribution in [0.1, 0.15) is 43.7 Å². The molecule has 0 bridgehead atoms. The first-order valence-corrected chi connectivity index (χ1v) is 5.68. The Bertz CT molecular complexity index is 342. The molecule has 1 aliphatic rings. The monoisotopic (exact) mass is 207 g/mol. The van der Waals surface area contributed by atoms with Crippen molar-refractivity contribution in [1.82, 2.24) is 5.32 Å². The van der Waals surface area contributed by atoms with E-state index in [4.69, 9.17) is 0 Å². The van der Waals surface area contributed by atoms with Crippen molar-refractivity contribution in [3.05, 3.63) is 35.1 Å². The number of hydrogen-bond donors (Lipinski definition) is 1. The number of nitrogens with one attached hydrogen (secondary N) is 1. The van der Waals surface area contributed by atoms with Crippen LogP contribution >= 0.6 is 0 Å². The van der Waals surface area contributed by atoms with Crippen molar-refractivity contribution in [3.8, 4) is 0 Å². The molecule has 0 saturated heterocycles. The van der Waals surface area contributed by atoms with E-state index in [9.17, 15) is 4.39 Å². The highest BCUT2D eigenvalue weighted by Gasteiger charge is 2.20. The lowest BCUT2D eigenvalue weighted by Gasteiger charge is -2.09. The fourth-order valence-corrected chi connectivity index (χ4v) is 1.70. The minimum Gasteiger partial charge on any atom is -0.310 e. The van der Waals surface area contributed by atoms with Gasteiger partial charge in [-0.2, -0.15) is 0 Å². The first-order chi connectivity index (χ1) is 7.16. The molecule has 0 unspecified atom stereocenters. The molecule has 0 aliphatic heterocycles. The number of halogens is 1. The normalized spacial score (nSPS) is 16.0. The molecule has 2 heteroatoms. The summed E-state index contributed by atoms with van der Waals surface area (Å²) in [6, 6.07) is 6.26. The summed E-state index contributed by atoms with van der Waals surface area (Å²) in [5.41, 5.74) is 1.86. The lowest BCUT2D eigenvalue weighted by atomic mass is 10.0. The van der Waals surface area contributed by atoms with E-state index in [0.717, 1.165) is 17.7 Å². The Labute approximate surface area is 90.7 Å². The van der Waals surface area contributed by atoms with Gasteiger partial charge in [-0.25, -0.2) is 4.39 Å². The number of hydrogen-bond acceptors (Lipinski definition) is 1. The van der Waals surface area contributed by atoms with Crippen molar-refractivity contribution >= 4 is 0 Å². The molecule has 0 radical (unpaired) electrons. The van der Waals surface area contributed by atoms with E-state index in [1.54, 1.807) is 6.07 Å². The summed E-state index contributed by atoms with van der Waals surface area (Å²) in [6.45, 7) is 4.82. The van der Waals surface area contributed by atoms with E-state index >= 15 is 0 Å². The van der Waals surface area contributed by atoms with Crippen LogP contribution in [-0.4, -0.2) is 6.04 Å². The van der Waals surface area contributed by atoms with Gasteiger partial charge in [-0.1, -0.05) is 26.0 Å². The first kappa shape index (κ1) is 10.6. The van der Waals surface area contributed by atoms with Gasteiger partial charge in [0.05, 0.1) is 0 Å². The first-order valence-electron chi connectivity index (χ1n) is 5.68. The lowest BCUT2D eigenvalue weighted by Crippen LogP contribution is -2.15. The maximum absolute atomic E-state index is 13.6. The smallest absolute Gasteiger partial charge is 0.126 e. The fraction of sp³-hybridized carbons (Fsp3) is 0.538. The van der Waals surface area contributed by atoms with Crippen LogP contribution in [0.4, 0.5) is 4.39 Å². The van der Waals surface area contributed by atoms with Gasteiger partial charge in [0.15, 0.2) is 0 Å². The molecular formula is C13H18FN. The van der Waals surface area contributed by atoms with E-state index in [2.05, 4.69) is 5.32 Å². The van der Waals surface area contributed by atoms with Crippen LogP contribution in [-0.2, 0) is 6.54 Å². The van der Waals surface area contributed by atoms with Gasteiger partial charge in [-0.3, -0.25) is 0 Å². The molecule has 1 aromatic carbocycles. The molecule has 2 rings (SSSR count). The van der Waals surface area contributed by atoms with Crippen molar-refractivity contribution in [1.29, 1.82) is 0 Å². The van der Waals surface area contributed by atoms with E-state index in [-0.39, 0.29) is 11.7 Å². The average molecular weight is 207 g/mol. The molecule has 1 nitrogen and oxygen atoms in total. The summed E-state index contributed by atoms with van der Waals surface area (Å²) < 4.78 is 13.6. The third-order valence-corrected chi connectivity index (χ3v) is 2.86. The second-order valence-corrected chi connectivity index (χ2v) is 4.67. The summed E-state index contributed by atoms with van der Waals surface area (Å²) in [6.07, 6.45) is 2.54. The molecule has 0 spiro atoms. The van der Waals surface area contributed by atoms with Crippen molar-refractivity contribution < 1.29 is 4.39 Å². The van der Waals surface area contributed by atoms with Gasteiger partial charge in [0.2, 0.25) is 0 Å². The molecule has 1 N–H and O–H groups in total. The molecule has 1 aromatic rings. The van der Waals surface area contributed by atoms with Gasteiger partial charge in [0.1, 0.15) is 5.82 Å². The van der Waals surface area contributed by atoms with Gasteiger partial charge in [-0.15, -0.1) is 0 Å². The van der Waals surface area contributed by atoms with Crippen molar-refractivity contribution in [2.45, 2.75) is 45.2 Å². The molecule has 15 heavy (non-hydrogen) atoms. The predicted molar refractivity (Wildman–Crippen MR) is 60.4 cm³/mol. The van der Waals surface area contributed by atoms with Gasteiger partial charge < -0.3 is 5.32 Å². The van der Waals surface area contributed by atoms with Gasteiger partial charge in [0.25, 0.3) is 0 Å². The molecule has 0 amide bonds. The highest BCUT2D eigenvalue weighted by atomic mass is 19.1. The van der Waals surface area contributed by atoms with Crippen LogP contribution in [0.5, 0.6) is 0 Å². The lowest BCUT2D eigenvalue weighted by molar-refractivity contribution is 0.592. The maximum Gasteiger partial charge on any atom is 0.126 e. The second kappa shape index (κ2) is 4.31. The molecule has 0 aromatic heterocycles. The summed E-state index contributed by atoms with van der Waals surface area (Å²) in [5.74, 6) is 0.190. The third kappa shape index (κ3) is 2.78. The van der Waals surface area contributed by atoms with Crippen LogP contribution in [0.25, 0.3) is 0 Å². The zero-order chi connectivity index (χ0) is 10.8. The molecule has 1 fully saturated rings. The SMILES string of the molecule is CC(C)c1ccc(CNC2CC2)cc1F. The maximum atomic E-state index is 13.6. The van der Waals surface area contributed by atoms with Gasteiger partial charge in [0, 0.05) is 12.6 Å².